The molecule has 6 rings (SSSR count). The maximum absolute atomic E-state index is 13.5. The van der Waals surface area contributed by atoms with E-state index in [-0.39, 0.29) is 0 Å². The van der Waals surface area contributed by atoms with E-state index in [9.17, 15) is 9.59 Å². The van der Waals surface area contributed by atoms with E-state index < -0.39 is 12.3 Å². The van der Waals surface area contributed by atoms with E-state index in [4.69, 9.17) is 18.9 Å². The Balaban J connectivity index is 1.46. The number of carbonyl (C=O) groups excluding carboxylic acids is 2. The van der Waals surface area contributed by atoms with Gasteiger partial charge in [0.05, 0.1) is 13.2 Å². The van der Waals surface area contributed by atoms with Crippen LogP contribution in [0.1, 0.15) is 167 Å². The fourth-order valence-electron chi connectivity index (χ4n) is 9.25. The van der Waals surface area contributed by atoms with Crippen molar-refractivity contribution in [1.82, 2.24) is 0 Å². The van der Waals surface area contributed by atoms with Crippen molar-refractivity contribution in [2.24, 2.45) is 0 Å². The summed E-state index contributed by atoms with van der Waals surface area (Å²) < 4.78 is 24.0. The Morgan fingerprint density at radius 1 is 0.359 bits per heavy atom. The van der Waals surface area contributed by atoms with Crippen LogP contribution in [0.3, 0.4) is 0 Å². The zero-order chi connectivity index (χ0) is 44.9. The van der Waals surface area contributed by atoms with Crippen molar-refractivity contribution in [2.75, 3.05) is 13.2 Å². The van der Waals surface area contributed by atoms with E-state index in [2.05, 4.69) is 88.4 Å². The fourth-order valence-corrected chi connectivity index (χ4v) is 9.25. The lowest BCUT2D eigenvalue weighted by atomic mass is 9.84. The Kier molecular flexibility index (Phi) is 19.7. The van der Waals surface area contributed by atoms with Crippen LogP contribution in [0, 0.1) is 0 Å². The van der Waals surface area contributed by atoms with Crippen LogP contribution < -0.4 is 9.47 Å². The lowest BCUT2D eigenvalue weighted by molar-refractivity contribution is 0.0972. The number of hydrogen-bond donors (Lipinski definition) is 0. The Hall–Kier alpha value is -5.10. The average Bonchev–Trinajstić information content (AvgIpc) is 3.31. The summed E-state index contributed by atoms with van der Waals surface area (Å²) in [6.45, 7) is 9.60. The normalized spacial score (nSPS) is 11.5. The third-order valence-electron chi connectivity index (χ3n) is 12.8. The molecule has 342 valence electrons. The standard InChI is InChI=1S/C58H74O6/c1-5-9-13-15-17-19-27-39-61-57(59)63-55-47-33-25-23-31-45(47)53(51-41-43(29-21-11-7-3)35-37-49(51)55)54-46-32-24-26-34-48(46)56(50-38-36-44(42-52(50)54)30-22-12-8-4)64-58(60)62-40-28-20-18-16-14-10-6-2/h23-26,31-38,41-42H,5-22,27-30,39-40H2,1-4H3. The molecule has 0 fully saturated rings. The zero-order valence-corrected chi connectivity index (χ0v) is 39.5. The fraction of sp³-hybridized carbons (Fsp3) is 0.483. The molecule has 0 amide bonds. The number of rotatable bonds is 27. The Bertz CT molecular complexity index is 2240. The molecule has 0 radical (unpaired) electrons. The first-order chi connectivity index (χ1) is 31.5. The number of fused-ring (bicyclic) bond motifs is 4. The molecule has 0 N–H and O–H groups in total. The molecule has 0 heterocycles. The molecule has 0 aliphatic carbocycles. The molecule has 6 aromatic carbocycles. The van der Waals surface area contributed by atoms with Crippen molar-refractivity contribution < 1.29 is 28.5 Å². The number of ether oxygens (including phenoxy) is 4. The molecule has 0 aromatic heterocycles. The Morgan fingerprint density at radius 3 is 1.08 bits per heavy atom. The predicted molar refractivity (Wildman–Crippen MR) is 268 cm³/mol. The quantitative estimate of drug-likeness (QED) is 0.0222. The molecular formula is C58H74O6. The number of aryl methyl sites for hydroxylation is 2. The summed E-state index contributed by atoms with van der Waals surface area (Å²) in [5.41, 5.74) is 4.60. The molecule has 64 heavy (non-hydrogen) atoms. The molecule has 0 atom stereocenters. The van der Waals surface area contributed by atoms with Crippen molar-refractivity contribution in [2.45, 2.75) is 169 Å². The van der Waals surface area contributed by atoms with Crippen molar-refractivity contribution in [1.29, 1.82) is 0 Å². The first kappa shape index (κ1) is 48.4. The first-order valence-electron chi connectivity index (χ1n) is 25.1. The lowest BCUT2D eigenvalue weighted by Gasteiger charge is -2.22. The number of unbranched alkanes of at least 4 members (excludes halogenated alkanes) is 16. The van der Waals surface area contributed by atoms with Gasteiger partial charge >= 0.3 is 12.3 Å². The maximum atomic E-state index is 13.5. The summed E-state index contributed by atoms with van der Waals surface area (Å²) in [7, 11) is 0. The van der Waals surface area contributed by atoms with E-state index >= 15 is 0 Å². The van der Waals surface area contributed by atoms with Crippen LogP contribution in [0.5, 0.6) is 11.5 Å². The SMILES string of the molecule is CCCCCCCCCOC(=O)Oc1c2ccccc2c(-c2c3ccccc3c(OC(=O)OCCCCCCCCC)c3ccc(CCCCC)cc23)c2cc(CCCCC)ccc12. The van der Waals surface area contributed by atoms with Gasteiger partial charge in [0, 0.05) is 21.5 Å². The van der Waals surface area contributed by atoms with Gasteiger partial charge in [0.15, 0.2) is 0 Å². The Labute approximate surface area is 383 Å². The second kappa shape index (κ2) is 26.0. The van der Waals surface area contributed by atoms with Gasteiger partial charge in [-0.25, -0.2) is 9.59 Å². The van der Waals surface area contributed by atoms with Crippen LogP contribution in [-0.4, -0.2) is 25.5 Å². The van der Waals surface area contributed by atoms with Gasteiger partial charge in [-0.05, 0) is 82.3 Å². The second-order valence-corrected chi connectivity index (χ2v) is 17.8. The van der Waals surface area contributed by atoms with E-state index in [1.165, 1.54) is 62.5 Å². The van der Waals surface area contributed by atoms with E-state index in [1.54, 1.807) is 0 Å². The van der Waals surface area contributed by atoms with Crippen LogP contribution in [0.2, 0.25) is 0 Å². The van der Waals surface area contributed by atoms with Crippen molar-refractivity contribution in [3.63, 3.8) is 0 Å². The van der Waals surface area contributed by atoms with Crippen molar-refractivity contribution in [3.8, 4) is 22.6 Å². The van der Waals surface area contributed by atoms with E-state index in [1.807, 2.05) is 24.3 Å². The molecular weight excluding hydrogens is 793 g/mol. The van der Waals surface area contributed by atoms with Crippen LogP contribution in [0.15, 0.2) is 84.9 Å². The highest BCUT2D eigenvalue weighted by atomic mass is 16.7. The van der Waals surface area contributed by atoms with Gasteiger partial charge in [-0.15, -0.1) is 0 Å². The van der Waals surface area contributed by atoms with Crippen molar-refractivity contribution >= 4 is 55.4 Å². The Morgan fingerprint density at radius 2 is 0.688 bits per heavy atom. The summed E-state index contributed by atoms with van der Waals surface area (Å²) in [5, 5.41) is 7.34. The minimum absolute atomic E-state index is 0.335. The van der Waals surface area contributed by atoms with Gasteiger partial charge in [0.25, 0.3) is 0 Å². The lowest BCUT2D eigenvalue weighted by Crippen LogP contribution is -2.12. The number of hydrogen-bond acceptors (Lipinski definition) is 6. The highest BCUT2D eigenvalue weighted by Crippen LogP contribution is 2.50. The largest absolute Gasteiger partial charge is 0.513 e. The van der Waals surface area contributed by atoms with Crippen LogP contribution >= 0.6 is 0 Å². The van der Waals surface area contributed by atoms with Gasteiger partial charge < -0.3 is 18.9 Å². The smallest absolute Gasteiger partial charge is 0.434 e. The highest BCUT2D eigenvalue weighted by Gasteiger charge is 2.25. The van der Waals surface area contributed by atoms with Gasteiger partial charge in [-0.3, -0.25) is 0 Å². The summed E-state index contributed by atoms with van der Waals surface area (Å²) in [6, 6.07) is 29.7. The molecule has 0 saturated carbocycles. The van der Waals surface area contributed by atoms with Gasteiger partial charge in [-0.1, -0.05) is 215 Å². The average molecular weight is 867 g/mol. The second-order valence-electron chi connectivity index (χ2n) is 17.8. The van der Waals surface area contributed by atoms with E-state index in [0.717, 1.165) is 144 Å². The minimum Gasteiger partial charge on any atom is -0.434 e. The van der Waals surface area contributed by atoms with Crippen molar-refractivity contribution in [3.05, 3.63) is 96.1 Å². The van der Waals surface area contributed by atoms with Crippen LogP contribution in [0.25, 0.3) is 54.2 Å². The minimum atomic E-state index is -0.676. The highest BCUT2D eigenvalue weighted by molar-refractivity contribution is 6.27. The predicted octanol–water partition coefficient (Wildman–Crippen LogP) is 18.0. The summed E-state index contributed by atoms with van der Waals surface area (Å²) in [6.07, 6.45) is 23.3. The first-order valence-corrected chi connectivity index (χ1v) is 25.1. The number of benzene rings is 6. The molecule has 0 aliphatic rings. The van der Waals surface area contributed by atoms with Crippen LogP contribution in [0.4, 0.5) is 9.59 Å². The summed E-state index contributed by atoms with van der Waals surface area (Å²) >= 11 is 0. The maximum Gasteiger partial charge on any atom is 0.513 e. The molecule has 6 heteroatoms. The summed E-state index contributed by atoms with van der Waals surface area (Å²) in [5.74, 6) is 1.02. The molecule has 0 unspecified atom stereocenters. The molecule has 0 aliphatic heterocycles. The third-order valence-corrected chi connectivity index (χ3v) is 12.8. The third kappa shape index (κ3) is 13.0. The van der Waals surface area contributed by atoms with Gasteiger partial charge in [0.2, 0.25) is 0 Å². The monoisotopic (exact) mass is 867 g/mol. The molecule has 6 aromatic rings. The van der Waals surface area contributed by atoms with E-state index in [0.29, 0.717) is 24.7 Å². The van der Waals surface area contributed by atoms with Crippen LogP contribution in [-0.2, 0) is 22.3 Å². The van der Waals surface area contributed by atoms with Gasteiger partial charge in [-0.2, -0.15) is 0 Å². The summed E-state index contributed by atoms with van der Waals surface area (Å²) in [4.78, 5) is 27.1. The molecule has 0 saturated heterocycles. The molecule has 6 nitrogen and oxygen atoms in total. The topological polar surface area (TPSA) is 71.1 Å². The zero-order valence-electron chi connectivity index (χ0n) is 39.5. The molecule has 0 spiro atoms. The molecule has 0 bridgehead atoms. The number of carbonyl (C=O) groups is 2. The van der Waals surface area contributed by atoms with Gasteiger partial charge in [0.1, 0.15) is 11.5 Å².